The number of amides is 1. The van der Waals surface area contributed by atoms with E-state index in [0.29, 0.717) is 13.0 Å². The van der Waals surface area contributed by atoms with Crippen molar-refractivity contribution in [2.24, 2.45) is 0 Å². The van der Waals surface area contributed by atoms with Gasteiger partial charge in [0.2, 0.25) is 11.6 Å². The number of hydrogen-bond donors (Lipinski definition) is 3. The molecule has 1 aliphatic rings. The van der Waals surface area contributed by atoms with Crippen molar-refractivity contribution in [3.8, 4) is 0 Å². The number of rotatable bonds is 3. The van der Waals surface area contributed by atoms with E-state index in [0.717, 1.165) is 11.4 Å². The molecule has 0 spiro atoms. The minimum Gasteiger partial charge on any atom is -0.336 e. The Morgan fingerprint density at radius 2 is 2.53 bits per heavy atom. The van der Waals surface area contributed by atoms with Gasteiger partial charge in [-0.05, 0) is 13.1 Å². The first-order valence-electron chi connectivity index (χ1n) is 4.88. The van der Waals surface area contributed by atoms with Crippen LogP contribution in [0.2, 0.25) is 0 Å². The lowest BCUT2D eigenvalue weighted by Gasteiger charge is -2.07. The summed E-state index contributed by atoms with van der Waals surface area (Å²) in [6.45, 7) is 0.454. The predicted molar refractivity (Wildman–Crippen MR) is 54.2 cm³/mol. The molecule has 3 N–H and O–H groups in total. The Morgan fingerprint density at radius 1 is 1.73 bits per heavy atom. The molecule has 0 fully saturated rings. The first-order valence-corrected chi connectivity index (χ1v) is 4.88. The van der Waals surface area contributed by atoms with Crippen LogP contribution in [-0.4, -0.2) is 24.6 Å². The van der Waals surface area contributed by atoms with Crippen molar-refractivity contribution in [1.29, 1.82) is 0 Å². The summed E-state index contributed by atoms with van der Waals surface area (Å²) < 4.78 is 1.71. The monoisotopic (exact) mass is 208 g/mol. The van der Waals surface area contributed by atoms with E-state index in [2.05, 4.69) is 10.6 Å². The molecular formula is C10H14N3O2+. The number of nitrogens with zero attached hydrogens (tertiary/aromatic N) is 1. The highest BCUT2D eigenvalue weighted by Gasteiger charge is 2.29. The van der Waals surface area contributed by atoms with E-state index in [-0.39, 0.29) is 5.91 Å². The fourth-order valence-electron chi connectivity index (χ4n) is 1.76. The SMILES string of the molecule is CNCC(O)[n+]1cccc2c1CC(=O)N2. The van der Waals surface area contributed by atoms with Crippen molar-refractivity contribution in [3.63, 3.8) is 0 Å². The van der Waals surface area contributed by atoms with Crippen LogP contribution in [0.3, 0.4) is 0 Å². The Kier molecular flexibility index (Phi) is 2.66. The highest BCUT2D eigenvalue weighted by atomic mass is 16.3. The van der Waals surface area contributed by atoms with E-state index in [4.69, 9.17) is 0 Å². The molecule has 0 saturated carbocycles. The second kappa shape index (κ2) is 3.96. The minimum absolute atomic E-state index is 0.0263. The fraction of sp³-hybridized carbons (Fsp3) is 0.400. The molecule has 2 rings (SSSR count). The first-order chi connectivity index (χ1) is 7.22. The molecule has 2 heterocycles. The summed E-state index contributed by atoms with van der Waals surface area (Å²) in [4.78, 5) is 11.2. The van der Waals surface area contributed by atoms with Gasteiger partial charge in [-0.3, -0.25) is 4.79 Å². The fourth-order valence-corrected chi connectivity index (χ4v) is 1.76. The maximum Gasteiger partial charge on any atom is 0.273 e. The van der Waals surface area contributed by atoms with E-state index >= 15 is 0 Å². The van der Waals surface area contributed by atoms with Gasteiger partial charge >= 0.3 is 0 Å². The zero-order valence-electron chi connectivity index (χ0n) is 8.53. The second-order valence-electron chi connectivity index (χ2n) is 3.54. The lowest BCUT2D eigenvalue weighted by Crippen LogP contribution is -2.46. The molecule has 1 unspecified atom stereocenters. The van der Waals surface area contributed by atoms with Gasteiger partial charge in [0.25, 0.3) is 6.23 Å². The molecule has 0 bridgehead atoms. The van der Waals surface area contributed by atoms with Crippen LogP contribution in [0.4, 0.5) is 5.69 Å². The van der Waals surface area contributed by atoms with Crippen LogP contribution in [0, 0.1) is 0 Å². The summed E-state index contributed by atoms with van der Waals surface area (Å²) in [5.41, 5.74) is 1.63. The van der Waals surface area contributed by atoms with Gasteiger partial charge in [0.05, 0.1) is 6.54 Å². The van der Waals surface area contributed by atoms with Gasteiger partial charge in [-0.2, -0.15) is 4.57 Å². The van der Waals surface area contributed by atoms with Crippen molar-refractivity contribution in [1.82, 2.24) is 5.32 Å². The smallest absolute Gasteiger partial charge is 0.273 e. The van der Waals surface area contributed by atoms with Gasteiger partial charge < -0.3 is 15.7 Å². The van der Waals surface area contributed by atoms with Gasteiger partial charge in [0, 0.05) is 6.07 Å². The number of carbonyl (C=O) groups is 1. The number of nitrogens with one attached hydrogen (secondary N) is 2. The molecule has 0 aliphatic carbocycles. The van der Waals surface area contributed by atoms with Gasteiger partial charge in [-0.25, -0.2) is 0 Å². The summed E-state index contributed by atoms with van der Waals surface area (Å²) in [5, 5.41) is 15.5. The molecule has 80 valence electrons. The normalized spacial score (nSPS) is 16.0. The summed E-state index contributed by atoms with van der Waals surface area (Å²) in [6, 6.07) is 3.64. The Balaban J connectivity index is 2.34. The number of carbonyl (C=O) groups excluding carboxylic acids is 1. The number of aliphatic hydroxyl groups excluding tert-OH is 1. The number of likely N-dealkylation sites (N-methyl/N-ethyl adjacent to an activating group) is 1. The molecule has 0 radical (unpaired) electrons. The summed E-state index contributed by atoms with van der Waals surface area (Å²) in [6.07, 6.45) is 1.47. The number of aromatic nitrogens is 1. The van der Waals surface area contributed by atoms with Crippen LogP contribution >= 0.6 is 0 Å². The van der Waals surface area contributed by atoms with E-state index < -0.39 is 6.23 Å². The summed E-state index contributed by atoms with van der Waals surface area (Å²) >= 11 is 0. The summed E-state index contributed by atoms with van der Waals surface area (Å²) in [7, 11) is 1.77. The van der Waals surface area contributed by atoms with E-state index in [1.807, 2.05) is 12.1 Å². The van der Waals surface area contributed by atoms with E-state index in [9.17, 15) is 9.90 Å². The molecule has 1 atom stereocenters. The van der Waals surface area contributed by atoms with E-state index in [1.165, 1.54) is 0 Å². The third kappa shape index (κ3) is 1.84. The third-order valence-electron chi connectivity index (χ3n) is 2.44. The highest BCUT2D eigenvalue weighted by molar-refractivity contribution is 5.97. The standard InChI is InChI=1S/C10H13N3O2/c1-11-6-10(15)13-4-2-3-7-8(13)5-9(14)12-7/h2-4,10-11,15H,5-6H2,1H3/p+1. The molecule has 5 heteroatoms. The zero-order valence-corrected chi connectivity index (χ0v) is 8.53. The minimum atomic E-state index is -0.641. The Morgan fingerprint density at radius 3 is 3.27 bits per heavy atom. The van der Waals surface area contributed by atoms with Crippen LogP contribution < -0.4 is 15.2 Å². The average molecular weight is 208 g/mol. The van der Waals surface area contributed by atoms with E-state index in [1.54, 1.807) is 17.8 Å². The van der Waals surface area contributed by atoms with Crippen molar-refractivity contribution < 1.29 is 14.5 Å². The van der Waals surface area contributed by atoms with Crippen LogP contribution in [0.5, 0.6) is 0 Å². The number of hydrogen-bond acceptors (Lipinski definition) is 3. The average Bonchev–Trinajstić information content (AvgIpc) is 2.57. The lowest BCUT2D eigenvalue weighted by molar-refractivity contribution is -0.762. The van der Waals surface area contributed by atoms with Crippen molar-refractivity contribution >= 4 is 11.6 Å². The first kappa shape index (κ1) is 10.1. The van der Waals surface area contributed by atoms with Gasteiger partial charge in [-0.15, -0.1) is 0 Å². The quantitative estimate of drug-likeness (QED) is 0.569. The number of anilines is 1. The van der Waals surface area contributed by atoms with Crippen LogP contribution in [0.15, 0.2) is 18.3 Å². The van der Waals surface area contributed by atoms with Crippen LogP contribution in [0.1, 0.15) is 11.9 Å². The number of fused-ring (bicyclic) bond motifs is 1. The summed E-state index contributed by atoms with van der Waals surface area (Å²) in [5.74, 6) is -0.0263. The van der Waals surface area contributed by atoms with Gasteiger partial charge in [0.1, 0.15) is 12.1 Å². The molecule has 1 aromatic heterocycles. The maximum absolute atomic E-state index is 11.2. The highest BCUT2D eigenvalue weighted by Crippen LogP contribution is 2.18. The predicted octanol–water partition coefficient (Wildman–Crippen LogP) is -0.821. The third-order valence-corrected chi connectivity index (χ3v) is 2.44. The number of aliphatic hydroxyl groups is 1. The second-order valence-corrected chi connectivity index (χ2v) is 3.54. The van der Waals surface area contributed by atoms with Crippen molar-refractivity contribution in [3.05, 3.63) is 24.0 Å². The maximum atomic E-state index is 11.2. The number of pyridine rings is 1. The molecule has 1 aromatic rings. The molecule has 0 aromatic carbocycles. The molecule has 5 nitrogen and oxygen atoms in total. The van der Waals surface area contributed by atoms with Gasteiger partial charge in [-0.1, -0.05) is 0 Å². The van der Waals surface area contributed by atoms with Crippen LogP contribution in [-0.2, 0) is 11.2 Å². The lowest BCUT2D eigenvalue weighted by atomic mass is 10.2. The molecule has 0 saturated heterocycles. The Labute approximate surface area is 87.7 Å². The largest absolute Gasteiger partial charge is 0.336 e. The van der Waals surface area contributed by atoms with Crippen molar-refractivity contribution in [2.45, 2.75) is 12.6 Å². The molecule has 1 aliphatic heterocycles. The van der Waals surface area contributed by atoms with Gasteiger partial charge in [0.15, 0.2) is 6.20 Å². The van der Waals surface area contributed by atoms with Crippen molar-refractivity contribution in [2.75, 3.05) is 18.9 Å². The molecule has 1 amide bonds. The Hall–Kier alpha value is -1.46. The topological polar surface area (TPSA) is 65.2 Å². The molecular weight excluding hydrogens is 194 g/mol. The van der Waals surface area contributed by atoms with Crippen LogP contribution in [0.25, 0.3) is 0 Å². The zero-order chi connectivity index (χ0) is 10.8. The Bertz CT molecular complexity index is 392. The molecule has 15 heavy (non-hydrogen) atoms.